The second-order valence-corrected chi connectivity index (χ2v) is 11.3. The molecule has 1 amide bonds. The van der Waals surface area contributed by atoms with Crippen LogP contribution >= 0.6 is 0 Å². The number of likely N-dealkylation sites (N-methyl/N-ethyl adjacent to an activating group) is 1. The van der Waals surface area contributed by atoms with Crippen LogP contribution in [0.2, 0.25) is 0 Å². The Hall–Kier alpha value is -3.22. The fourth-order valence-corrected chi connectivity index (χ4v) is 6.49. The molecule has 2 fully saturated rings. The number of carbonyl (C=O) groups excluding carboxylic acids is 2. The number of hydrogen-bond acceptors (Lipinski definition) is 4. The molecule has 1 saturated heterocycles. The Morgan fingerprint density at radius 1 is 1.00 bits per heavy atom. The largest absolute Gasteiger partial charge is 0.427 e. The summed E-state index contributed by atoms with van der Waals surface area (Å²) in [6.07, 6.45) is 2.71. The number of esters is 1. The number of nitrogens with one attached hydrogen (secondary N) is 1. The molecular weight excluding hydrogens is 452 g/mol. The van der Waals surface area contributed by atoms with E-state index in [9.17, 15) is 14.7 Å². The van der Waals surface area contributed by atoms with Gasteiger partial charge in [-0.15, -0.1) is 0 Å². The number of piperidine rings is 1. The predicted molar refractivity (Wildman–Crippen MR) is 140 cm³/mol. The third-order valence-electron chi connectivity index (χ3n) is 8.22. The average Bonchev–Trinajstić information content (AvgIpc) is 2.83. The number of benzene rings is 3. The second kappa shape index (κ2) is 9.02. The van der Waals surface area contributed by atoms with Gasteiger partial charge in [-0.2, -0.15) is 0 Å². The third kappa shape index (κ3) is 4.51. The van der Waals surface area contributed by atoms with Crippen LogP contribution in [0.5, 0.6) is 5.75 Å². The van der Waals surface area contributed by atoms with E-state index < -0.39 is 11.0 Å². The Morgan fingerprint density at radius 2 is 1.78 bits per heavy atom. The first kappa shape index (κ1) is 24.5. The van der Waals surface area contributed by atoms with Crippen molar-refractivity contribution in [3.63, 3.8) is 0 Å². The monoisotopic (exact) mass is 487 g/mol. The van der Waals surface area contributed by atoms with Gasteiger partial charge < -0.3 is 19.6 Å². The maximum absolute atomic E-state index is 13.3. The van der Waals surface area contributed by atoms with E-state index in [0.717, 1.165) is 33.8 Å². The van der Waals surface area contributed by atoms with Gasteiger partial charge in [0, 0.05) is 30.4 Å². The first-order valence-electron chi connectivity index (χ1n) is 12.7. The van der Waals surface area contributed by atoms with E-state index in [4.69, 9.17) is 4.74 Å². The molecule has 188 valence electrons. The molecule has 3 atom stereocenters. The van der Waals surface area contributed by atoms with Gasteiger partial charge in [-0.05, 0) is 59.9 Å². The minimum atomic E-state index is -0.923. The van der Waals surface area contributed by atoms with Gasteiger partial charge in [-0.1, -0.05) is 42.5 Å². The van der Waals surface area contributed by atoms with Gasteiger partial charge in [0.2, 0.25) is 0 Å². The van der Waals surface area contributed by atoms with Crippen LogP contribution in [0.25, 0.3) is 10.8 Å². The smallest absolute Gasteiger partial charge is 0.308 e. The topological polar surface area (TPSA) is 75.6 Å². The Balaban J connectivity index is 1.45. The minimum Gasteiger partial charge on any atom is -0.427 e. The molecule has 1 heterocycles. The highest BCUT2D eigenvalue weighted by molar-refractivity contribution is 5.98. The maximum Gasteiger partial charge on any atom is 0.308 e. The molecule has 5 rings (SSSR count). The molecule has 2 N–H and O–H groups in total. The third-order valence-corrected chi connectivity index (χ3v) is 8.22. The van der Waals surface area contributed by atoms with Crippen LogP contribution < -0.4 is 10.1 Å². The summed E-state index contributed by atoms with van der Waals surface area (Å²) in [5.74, 6) is 0.0239. The standard InChI is InChI=1S/C30H34N2O4/c1-21(33)36-27-10-6-9-25(18-27)29-15-16-32(2,3)20-30(29,35)14-13-26(19-29)31-28(34)24-12-11-22-7-4-5-8-23(22)17-24/h4-12,17-18,26,35H,13-16,19-20H2,1-3H3/p+1/t26-,29-,30-/m0/s1. The van der Waals surface area contributed by atoms with Gasteiger partial charge >= 0.3 is 5.97 Å². The fraction of sp³-hybridized carbons (Fsp3) is 0.400. The lowest BCUT2D eigenvalue weighted by Gasteiger charge is -2.58. The molecule has 0 radical (unpaired) electrons. The van der Waals surface area contributed by atoms with Gasteiger partial charge in [0.05, 0.1) is 20.6 Å². The van der Waals surface area contributed by atoms with Gasteiger partial charge in [-0.25, -0.2) is 0 Å². The lowest BCUT2D eigenvalue weighted by Crippen LogP contribution is -2.70. The van der Waals surface area contributed by atoms with Crippen molar-refractivity contribution in [1.82, 2.24) is 5.32 Å². The highest BCUT2D eigenvalue weighted by Gasteiger charge is 2.60. The fourth-order valence-electron chi connectivity index (χ4n) is 6.49. The van der Waals surface area contributed by atoms with Gasteiger partial charge in [0.25, 0.3) is 5.91 Å². The molecule has 2 aliphatic rings. The number of carbonyl (C=O) groups is 2. The number of rotatable bonds is 4. The Bertz CT molecular complexity index is 1320. The van der Waals surface area contributed by atoms with Gasteiger partial charge in [-0.3, -0.25) is 9.59 Å². The quantitative estimate of drug-likeness (QED) is 0.329. The number of ether oxygens (including phenoxy) is 1. The number of likely N-dealkylation sites (tertiary alicyclic amines) is 1. The van der Waals surface area contributed by atoms with E-state index >= 15 is 0 Å². The van der Waals surface area contributed by atoms with Crippen molar-refractivity contribution in [3.8, 4) is 5.75 Å². The number of fused-ring (bicyclic) bond motifs is 2. The average molecular weight is 488 g/mol. The van der Waals surface area contributed by atoms with E-state index in [-0.39, 0.29) is 17.9 Å². The molecule has 1 saturated carbocycles. The minimum absolute atomic E-state index is 0.0738. The SMILES string of the molecule is CC(=O)Oc1cccc([C@@]23CC[N+](C)(C)C[C@@]2(O)CC[C@H](NC(=O)c2ccc4ccccc4c2)C3)c1. The summed E-state index contributed by atoms with van der Waals surface area (Å²) in [6.45, 7) is 2.93. The summed E-state index contributed by atoms with van der Waals surface area (Å²) in [6, 6.07) is 21.3. The van der Waals surface area contributed by atoms with Crippen molar-refractivity contribution in [2.45, 2.75) is 49.7 Å². The first-order chi connectivity index (χ1) is 17.1. The molecule has 36 heavy (non-hydrogen) atoms. The normalized spacial score (nSPS) is 27.2. The van der Waals surface area contributed by atoms with Crippen LogP contribution in [0.1, 0.15) is 48.5 Å². The molecule has 0 unspecified atom stereocenters. The van der Waals surface area contributed by atoms with E-state index in [1.165, 1.54) is 6.92 Å². The number of aliphatic hydroxyl groups is 1. The van der Waals surface area contributed by atoms with Crippen LogP contribution in [0.3, 0.4) is 0 Å². The van der Waals surface area contributed by atoms with Crippen molar-refractivity contribution in [3.05, 3.63) is 77.9 Å². The summed E-state index contributed by atoms with van der Waals surface area (Å²) in [4.78, 5) is 24.9. The summed E-state index contributed by atoms with van der Waals surface area (Å²) in [5.41, 5.74) is 0.138. The van der Waals surface area contributed by atoms with E-state index in [1.807, 2.05) is 60.7 Å². The summed E-state index contributed by atoms with van der Waals surface area (Å²) >= 11 is 0. The highest BCUT2D eigenvalue weighted by atomic mass is 16.5. The van der Waals surface area contributed by atoms with Crippen LogP contribution in [0.4, 0.5) is 0 Å². The molecule has 6 heteroatoms. The predicted octanol–water partition coefficient (Wildman–Crippen LogP) is 4.20. The second-order valence-electron chi connectivity index (χ2n) is 11.3. The van der Waals surface area contributed by atoms with Crippen LogP contribution in [0.15, 0.2) is 66.7 Å². The van der Waals surface area contributed by atoms with E-state index in [2.05, 4.69) is 19.4 Å². The Morgan fingerprint density at radius 3 is 2.56 bits per heavy atom. The molecule has 1 aliphatic carbocycles. The van der Waals surface area contributed by atoms with Crippen LogP contribution in [-0.2, 0) is 10.2 Å². The van der Waals surface area contributed by atoms with Crippen molar-refractivity contribution in [1.29, 1.82) is 0 Å². The van der Waals surface area contributed by atoms with Crippen LogP contribution in [0, 0.1) is 0 Å². The van der Waals surface area contributed by atoms with Gasteiger partial charge in [0.1, 0.15) is 17.9 Å². The molecule has 0 aromatic heterocycles. The zero-order valence-corrected chi connectivity index (χ0v) is 21.3. The lowest BCUT2D eigenvalue weighted by molar-refractivity contribution is -0.905. The molecule has 3 aromatic carbocycles. The van der Waals surface area contributed by atoms with Gasteiger partial charge in [0.15, 0.2) is 0 Å². The molecule has 6 nitrogen and oxygen atoms in total. The number of quaternary nitrogens is 1. The zero-order valence-electron chi connectivity index (χ0n) is 21.3. The first-order valence-corrected chi connectivity index (χ1v) is 12.7. The van der Waals surface area contributed by atoms with Crippen molar-refractivity contribution >= 4 is 22.6 Å². The molecular formula is C30H35N2O4+. The number of hydrogen-bond donors (Lipinski definition) is 2. The summed E-state index contributed by atoms with van der Waals surface area (Å²) < 4.78 is 6.13. The maximum atomic E-state index is 13.3. The van der Waals surface area contributed by atoms with E-state index in [0.29, 0.717) is 37.1 Å². The van der Waals surface area contributed by atoms with E-state index in [1.54, 1.807) is 6.07 Å². The highest BCUT2D eigenvalue weighted by Crippen LogP contribution is 2.53. The van der Waals surface area contributed by atoms with Crippen molar-refractivity contribution < 1.29 is 23.9 Å². The Kier molecular flexibility index (Phi) is 6.13. The molecule has 3 aromatic rings. The lowest BCUT2D eigenvalue weighted by atomic mass is 9.55. The molecule has 0 bridgehead atoms. The summed E-state index contributed by atoms with van der Waals surface area (Å²) in [7, 11) is 4.32. The van der Waals surface area contributed by atoms with Crippen molar-refractivity contribution in [2.75, 3.05) is 27.2 Å². The number of amides is 1. The van der Waals surface area contributed by atoms with Crippen LogP contribution in [-0.4, -0.2) is 60.3 Å². The Labute approximate surface area is 212 Å². The van der Waals surface area contributed by atoms with Crippen molar-refractivity contribution in [2.24, 2.45) is 0 Å². The summed E-state index contributed by atoms with van der Waals surface area (Å²) in [5, 5.41) is 17.6. The number of nitrogens with zero attached hydrogens (tertiary/aromatic N) is 1. The zero-order chi connectivity index (χ0) is 25.6. The molecule has 1 aliphatic heterocycles. The molecule has 0 spiro atoms.